The summed E-state index contributed by atoms with van der Waals surface area (Å²) in [5, 5.41) is 8.94. The van der Waals surface area contributed by atoms with Gasteiger partial charge in [-0.15, -0.1) is 0 Å². The standard InChI is InChI=1S/C26H31F2N5O3/c1-3-4-23(31-19-7-6-17-9-18(27)10-22(28)21(17)11-19)26(35)32-24-13-33(15-30-24)14-25(34)29-12-20-8-5-16(2)36-20/h5,8-10,13,15,19,23,31H,3-4,6-7,11-12,14H2,1-2H3,(H,29,34)(H,32,35)/t19-,23-/m0/s1. The molecule has 3 aromatic rings. The van der Waals surface area contributed by atoms with Gasteiger partial charge in [-0.2, -0.15) is 0 Å². The summed E-state index contributed by atoms with van der Waals surface area (Å²) >= 11 is 0. The lowest BCUT2D eigenvalue weighted by Crippen LogP contribution is -2.48. The molecule has 2 aromatic heterocycles. The van der Waals surface area contributed by atoms with Crippen LogP contribution in [0.1, 0.15) is 48.8 Å². The third-order valence-electron chi connectivity index (χ3n) is 6.26. The monoisotopic (exact) mass is 499 g/mol. The molecule has 0 unspecified atom stereocenters. The predicted molar refractivity (Wildman–Crippen MR) is 130 cm³/mol. The van der Waals surface area contributed by atoms with Gasteiger partial charge in [0, 0.05) is 18.3 Å². The van der Waals surface area contributed by atoms with Crippen molar-refractivity contribution in [3.8, 4) is 0 Å². The molecule has 0 saturated heterocycles. The van der Waals surface area contributed by atoms with Crippen molar-refractivity contribution in [2.45, 2.75) is 71.1 Å². The summed E-state index contributed by atoms with van der Waals surface area (Å²) in [5.41, 5.74) is 1.20. The van der Waals surface area contributed by atoms with E-state index in [1.165, 1.54) is 12.4 Å². The lowest BCUT2D eigenvalue weighted by atomic mass is 9.87. The van der Waals surface area contributed by atoms with Crippen LogP contribution in [0.5, 0.6) is 0 Å². The van der Waals surface area contributed by atoms with E-state index in [1.54, 1.807) is 10.8 Å². The maximum Gasteiger partial charge on any atom is 0.242 e. The normalized spacial score (nSPS) is 15.8. The van der Waals surface area contributed by atoms with Gasteiger partial charge in [-0.3, -0.25) is 9.59 Å². The SMILES string of the molecule is CCC[C@H](N[C@H]1CCc2cc(F)cc(F)c2C1)C(=O)Nc1cn(CC(=O)NCc2ccc(C)o2)cn1. The Balaban J connectivity index is 1.30. The lowest BCUT2D eigenvalue weighted by molar-refractivity contribution is -0.122. The second-order valence-electron chi connectivity index (χ2n) is 9.18. The summed E-state index contributed by atoms with van der Waals surface area (Å²) in [6, 6.07) is 5.35. The van der Waals surface area contributed by atoms with Gasteiger partial charge in [-0.25, -0.2) is 13.8 Å². The van der Waals surface area contributed by atoms with E-state index in [2.05, 4.69) is 20.9 Å². The molecule has 8 nitrogen and oxygen atoms in total. The molecule has 2 atom stereocenters. The first-order valence-electron chi connectivity index (χ1n) is 12.2. The van der Waals surface area contributed by atoms with E-state index in [1.807, 2.05) is 26.0 Å². The van der Waals surface area contributed by atoms with E-state index in [9.17, 15) is 18.4 Å². The number of hydrogen-bond acceptors (Lipinski definition) is 5. The number of nitrogens with one attached hydrogen (secondary N) is 3. The molecule has 0 aliphatic heterocycles. The van der Waals surface area contributed by atoms with E-state index in [-0.39, 0.29) is 24.4 Å². The summed E-state index contributed by atoms with van der Waals surface area (Å²) in [4.78, 5) is 29.4. The van der Waals surface area contributed by atoms with Gasteiger partial charge in [-0.05, 0) is 61.9 Å². The molecule has 0 spiro atoms. The van der Waals surface area contributed by atoms with Crippen LogP contribution in [-0.2, 0) is 35.5 Å². The molecule has 36 heavy (non-hydrogen) atoms. The van der Waals surface area contributed by atoms with Gasteiger partial charge in [0.2, 0.25) is 11.8 Å². The number of hydrogen-bond donors (Lipinski definition) is 3. The molecule has 3 N–H and O–H groups in total. The van der Waals surface area contributed by atoms with Crippen molar-refractivity contribution in [3.05, 3.63) is 71.1 Å². The number of carbonyl (C=O) groups is 2. The highest BCUT2D eigenvalue weighted by Crippen LogP contribution is 2.26. The van der Waals surface area contributed by atoms with E-state index >= 15 is 0 Å². The number of carbonyl (C=O) groups excluding carboxylic acids is 2. The zero-order valence-corrected chi connectivity index (χ0v) is 20.4. The average Bonchev–Trinajstić information content (AvgIpc) is 3.46. The lowest BCUT2D eigenvalue weighted by Gasteiger charge is -2.29. The number of aryl methyl sites for hydroxylation is 2. The van der Waals surface area contributed by atoms with E-state index in [4.69, 9.17) is 4.42 Å². The number of nitrogens with zero attached hydrogens (tertiary/aromatic N) is 2. The molecule has 192 valence electrons. The summed E-state index contributed by atoms with van der Waals surface area (Å²) in [5.74, 6) is 0.228. The fourth-order valence-corrected chi connectivity index (χ4v) is 4.50. The molecule has 0 saturated carbocycles. The Morgan fingerprint density at radius 3 is 2.86 bits per heavy atom. The Bertz CT molecular complexity index is 1220. The van der Waals surface area contributed by atoms with Gasteiger partial charge in [0.05, 0.1) is 18.9 Å². The van der Waals surface area contributed by atoms with E-state index in [0.717, 1.165) is 18.2 Å². The third kappa shape index (κ3) is 6.57. The summed E-state index contributed by atoms with van der Waals surface area (Å²) in [7, 11) is 0. The first-order chi connectivity index (χ1) is 17.3. The summed E-state index contributed by atoms with van der Waals surface area (Å²) in [6.45, 7) is 4.16. The molecule has 0 fully saturated rings. The number of halogens is 2. The number of anilines is 1. The predicted octanol–water partition coefficient (Wildman–Crippen LogP) is 3.63. The smallest absolute Gasteiger partial charge is 0.242 e. The molecule has 0 radical (unpaired) electrons. The number of fused-ring (bicyclic) bond motifs is 1. The Kier molecular flexibility index (Phi) is 8.14. The molecular formula is C26H31F2N5O3. The van der Waals surface area contributed by atoms with Crippen LogP contribution in [0.15, 0.2) is 41.2 Å². The van der Waals surface area contributed by atoms with Gasteiger partial charge in [-0.1, -0.05) is 13.3 Å². The van der Waals surface area contributed by atoms with Crippen molar-refractivity contribution >= 4 is 17.6 Å². The molecule has 2 amide bonds. The Hall–Kier alpha value is -3.53. The molecule has 1 aromatic carbocycles. The fraction of sp³-hybridized carbons (Fsp3) is 0.423. The molecule has 0 bridgehead atoms. The van der Waals surface area contributed by atoms with Crippen molar-refractivity contribution in [1.82, 2.24) is 20.2 Å². The second-order valence-corrected chi connectivity index (χ2v) is 9.18. The van der Waals surface area contributed by atoms with Crippen LogP contribution in [0.4, 0.5) is 14.6 Å². The van der Waals surface area contributed by atoms with Crippen molar-refractivity contribution in [2.24, 2.45) is 0 Å². The van der Waals surface area contributed by atoms with Gasteiger partial charge in [0.1, 0.15) is 29.7 Å². The molecule has 10 heteroatoms. The maximum atomic E-state index is 14.3. The number of amides is 2. The topological polar surface area (TPSA) is 101 Å². The number of rotatable bonds is 10. The summed E-state index contributed by atoms with van der Waals surface area (Å²) in [6.07, 6.45) is 6.08. The molecule has 1 aliphatic rings. The zero-order chi connectivity index (χ0) is 25.7. The van der Waals surface area contributed by atoms with E-state index < -0.39 is 17.7 Å². The fourth-order valence-electron chi connectivity index (χ4n) is 4.50. The highest BCUT2D eigenvalue weighted by Gasteiger charge is 2.27. The first-order valence-corrected chi connectivity index (χ1v) is 12.2. The van der Waals surface area contributed by atoms with Crippen LogP contribution in [0.3, 0.4) is 0 Å². The van der Waals surface area contributed by atoms with E-state index in [0.29, 0.717) is 54.9 Å². The minimum atomic E-state index is -0.564. The van der Waals surface area contributed by atoms with Crippen LogP contribution in [0, 0.1) is 18.6 Å². The Labute approximate surface area is 208 Å². The number of aromatic nitrogens is 2. The molecule has 4 rings (SSSR count). The van der Waals surface area contributed by atoms with Crippen molar-refractivity contribution in [1.29, 1.82) is 0 Å². The van der Waals surface area contributed by atoms with Crippen LogP contribution in [-0.4, -0.2) is 33.4 Å². The van der Waals surface area contributed by atoms with Crippen LogP contribution < -0.4 is 16.0 Å². The minimum Gasteiger partial charge on any atom is -0.465 e. The van der Waals surface area contributed by atoms with Crippen molar-refractivity contribution in [3.63, 3.8) is 0 Å². The molecule has 2 heterocycles. The third-order valence-corrected chi connectivity index (χ3v) is 6.26. The second kappa shape index (κ2) is 11.5. The van der Waals surface area contributed by atoms with Gasteiger partial charge in [0.15, 0.2) is 5.82 Å². The van der Waals surface area contributed by atoms with Crippen molar-refractivity contribution < 1.29 is 22.8 Å². The quantitative estimate of drug-likeness (QED) is 0.396. The average molecular weight is 500 g/mol. The molecule has 1 aliphatic carbocycles. The van der Waals surface area contributed by atoms with Crippen LogP contribution >= 0.6 is 0 Å². The maximum absolute atomic E-state index is 14.3. The zero-order valence-electron chi connectivity index (χ0n) is 20.4. The highest BCUT2D eigenvalue weighted by molar-refractivity contribution is 5.94. The van der Waals surface area contributed by atoms with Crippen LogP contribution in [0.2, 0.25) is 0 Å². The largest absolute Gasteiger partial charge is 0.465 e. The van der Waals surface area contributed by atoms with Gasteiger partial charge in [0.25, 0.3) is 0 Å². The van der Waals surface area contributed by atoms with Crippen molar-refractivity contribution in [2.75, 3.05) is 5.32 Å². The number of imidazole rings is 1. The van der Waals surface area contributed by atoms with Crippen LogP contribution in [0.25, 0.3) is 0 Å². The van der Waals surface area contributed by atoms with Gasteiger partial charge < -0.3 is 24.9 Å². The number of furan rings is 1. The minimum absolute atomic E-state index is 0.0485. The first kappa shape index (κ1) is 25.6. The Morgan fingerprint density at radius 2 is 2.11 bits per heavy atom. The summed E-state index contributed by atoms with van der Waals surface area (Å²) < 4.78 is 34.8. The Morgan fingerprint density at radius 1 is 1.28 bits per heavy atom. The van der Waals surface area contributed by atoms with Gasteiger partial charge >= 0.3 is 0 Å². The molecular weight excluding hydrogens is 468 g/mol. The number of benzene rings is 1. The highest BCUT2D eigenvalue weighted by atomic mass is 19.1.